The molecule has 0 aliphatic carbocycles. The lowest BCUT2D eigenvalue weighted by Crippen LogP contribution is -2.22. The number of fused-ring (bicyclic) bond motifs is 2. The maximum atomic E-state index is 12.6. The zero-order valence-electron chi connectivity index (χ0n) is 10.9. The number of para-hydroxylation sites is 1. The van der Waals surface area contributed by atoms with Crippen molar-refractivity contribution in [2.45, 2.75) is 4.90 Å². The Labute approximate surface area is 121 Å². The first-order valence-electron chi connectivity index (χ1n) is 6.43. The highest BCUT2D eigenvalue weighted by Gasteiger charge is 2.30. The molecule has 104 valence electrons. The van der Waals surface area contributed by atoms with E-state index in [4.69, 9.17) is 0 Å². The van der Waals surface area contributed by atoms with Crippen molar-refractivity contribution in [3.05, 3.63) is 60.7 Å². The molecule has 0 bridgehead atoms. The van der Waals surface area contributed by atoms with Gasteiger partial charge in [0.1, 0.15) is 10.7 Å². The summed E-state index contributed by atoms with van der Waals surface area (Å²) in [4.78, 5) is 0.236. The van der Waals surface area contributed by atoms with Gasteiger partial charge in [0.15, 0.2) is 0 Å². The van der Waals surface area contributed by atoms with Crippen molar-refractivity contribution in [2.24, 2.45) is 0 Å². The molecule has 1 aromatic heterocycles. The maximum absolute atomic E-state index is 12.6. The molecule has 2 aromatic carbocycles. The first kappa shape index (κ1) is 12.2. The van der Waals surface area contributed by atoms with E-state index in [1.165, 1.54) is 0 Å². The number of aromatic nitrogens is 2. The van der Waals surface area contributed by atoms with E-state index in [0.29, 0.717) is 17.2 Å². The summed E-state index contributed by atoms with van der Waals surface area (Å²) < 4.78 is 26.3. The average Bonchev–Trinajstić information content (AvgIpc) is 2.93. The molecule has 0 spiro atoms. The minimum Gasteiger partial charge on any atom is -0.338 e. The van der Waals surface area contributed by atoms with Crippen molar-refractivity contribution in [3.8, 4) is 11.3 Å². The van der Waals surface area contributed by atoms with Gasteiger partial charge in [-0.3, -0.25) is 0 Å². The van der Waals surface area contributed by atoms with Crippen LogP contribution in [0.1, 0.15) is 0 Å². The van der Waals surface area contributed by atoms with E-state index >= 15 is 0 Å². The van der Waals surface area contributed by atoms with Gasteiger partial charge in [-0.05, 0) is 12.1 Å². The van der Waals surface area contributed by atoms with Crippen molar-refractivity contribution in [1.82, 2.24) is 9.19 Å². The normalized spacial score (nSPS) is 14.9. The highest BCUT2D eigenvalue weighted by Crippen LogP contribution is 2.35. The second kappa shape index (κ2) is 4.20. The molecule has 2 heterocycles. The number of hydrogen-bond donors (Lipinski definition) is 1. The predicted octanol–water partition coefficient (Wildman–Crippen LogP) is 2.84. The number of rotatable bonds is 1. The third-order valence-electron chi connectivity index (χ3n) is 3.40. The van der Waals surface area contributed by atoms with Crippen LogP contribution in [0.4, 0.5) is 11.5 Å². The molecular formula is C15H11N3O2S. The Morgan fingerprint density at radius 1 is 0.952 bits per heavy atom. The zero-order valence-corrected chi connectivity index (χ0v) is 11.7. The summed E-state index contributed by atoms with van der Waals surface area (Å²) in [6.45, 7) is 0. The van der Waals surface area contributed by atoms with Gasteiger partial charge < -0.3 is 5.32 Å². The number of nitrogens with one attached hydrogen (secondary N) is 1. The highest BCUT2D eigenvalue weighted by molar-refractivity contribution is 7.90. The summed E-state index contributed by atoms with van der Waals surface area (Å²) in [6, 6.07) is 18.0. The monoisotopic (exact) mass is 297 g/mol. The lowest BCUT2D eigenvalue weighted by molar-refractivity contribution is 0.580. The van der Waals surface area contributed by atoms with Gasteiger partial charge in [-0.1, -0.05) is 42.5 Å². The highest BCUT2D eigenvalue weighted by atomic mass is 32.2. The predicted molar refractivity (Wildman–Crippen MR) is 80.0 cm³/mol. The topological polar surface area (TPSA) is 64.0 Å². The standard InChI is InChI=1S/C15H11N3O2S/c19-21(20)14-9-5-4-8-12(14)16-15-10-13(17-18(15)21)11-6-2-1-3-7-11/h1-10,16H. The molecule has 21 heavy (non-hydrogen) atoms. The Hall–Kier alpha value is -2.60. The third-order valence-corrected chi connectivity index (χ3v) is 5.05. The van der Waals surface area contributed by atoms with E-state index in [1.807, 2.05) is 30.3 Å². The van der Waals surface area contributed by atoms with Gasteiger partial charge in [-0.15, -0.1) is 4.09 Å². The molecule has 5 nitrogen and oxygen atoms in total. The van der Waals surface area contributed by atoms with Gasteiger partial charge in [0.2, 0.25) is 0 Å². The first-order valence-corrected chi connectivity index (χ1v) is 7.87. The van der Waals surface area contributed by atoms with Gasteiger partial charge in [0, 0.05) is 11.6 Å². The summed E-state index contributed by atoms with van der Waals surface area (Å²) in [5.74, 6) is 0.451. The molecule has 0 amide bonds. The Morgan fingerprint density at radius 3 is 2.48 bits per heavy atom. The Bertz CT molecular complexity index is 931. The molecule has 0 saturated heterocycles. The number of hydrogen-bond acceptors (Lipinski definition) is 4. The second-order valence-corrected chi connectivity index (χ2v) is 6.49. The molecule has 0 radical (unpaired) electrons. The largest absolute Gasteiger partial charge is 0.338 e. The van der Waals surface area contributed by atoms with E-state index in [1.54, 1.807) is 30.3 Å². The molecule has 3 aromatic rings. The molecule has 1 aliphatic rings. The SMILES string of the molecule is O=S1(=O)c2ccccc2Nc2cc(-c3ccccc3)nn21. The van der Waals surface area contributed by atoms with Crippen molar-refractivity contribution in [1.29, 1.82) is 0 Å². The molecule has 1 N–H and O–H groups in total. The minimum atomic E-state index is -3.65. The summed E-state index contributed by atoms with van der Waals surface area (Å²) in [5, 5.41) is 7.35. The van der Waals surface area contributed by atoms with Crippen LogP contribution in [0.5, 0.6) is 0 Å². The van der Waals surface area contributed by atoms with Crippen LogP contribution in [0.15, 0.2) is 65.6 Å². The van der Waals surface area contributed by atoms with Crippen LogP contribution in [-0.4, -0.2) is 17.6 Å². The zero-order chi connectivity index (χ0) is 14.4. The summed E-state index contributed by atoms with van der Waals surface area (Å²) >= 11 is 0. The van der Waals surface area contributed by atoms with Crippen molar-refractivity contribution in [3.63, 3.8) is 0 Å². The molecule has 6 heteroatoms. The molecule has 0 atom stereocenters. The van der Waals surface area contributed by atoms with Crippen LogP contribution in [0, 0.1) is 0 Å². The van der Waals surface area contributed by atoms with Gasteiger partial charge >= 0.3 is 0 Å². The number of benzene rings is 2. The molecular weight excluding hydrogens is 286 g/mol. The third kappa shape index (κ3) is 1.76. The molecule has 0 saturated carbocycles. The number of anilines is 2. The van der Waals surface area contributed by atoms with Crippen LogP contribution in [-0.2, 0) is 10.0 Å². The van der Waals surface area contributed by atoms with Crippen molar-refractivity contribution >= 4 is 21.5 Å². The average molecular weight is 297 g/mol. The minimum absolute atomic E-state index is 0.236. The molecule has 0 fully saturated rings. The number of nitrogens with zero attached hydrogens (tertiary/aromatic N) is 2. The van der Waals surface area contributed by atoms with E-state index in [9.17, 15) is 8.42 Å². The van der Waals surface area contributed by atoms with Crippen LogP contribution in [0.25, 0.3) is 11.3 Å². The van der Waals surface area contributed by atoms with Gasteiger partial charge in [-0.2, -0.15) is 13.5 Å². The fraction of sp³-hybridized carbons (Fsp3) is 0. The fourth-order valence-corrected chi connectivity index (χ4v) is 3.79. The molecule has 0 unspecified atom stereocenters. The van der Waals surface area contributed by atoms with E-state index in [0.717, 1.165) is 9.65 Å². The second-order valence-electron chi connectivity index (χ2n) is 4.75. The van der Waals surface area contributed by atoms with Crippen LogP contribution in [0.3, 0.4) is 0 Å². The van der Waals surface area contributed by atoms with Gasteiger partial charge in [-0.25, -0.2) is 0 Å². The van der Waals surface area contributed by atoms with E-state index < -0.39 is 10.0 Å². The smallest absolute Gasteiger partial charge is 0.286 e. The Morgan fingerprint density at radius 2 is 1.67 bits per heavy atom. The fourth-order valence-electron chi connectivity index (χ4n) is 2.41. The Balaban J connectivity index is 1.93. The molecule has 4 rings (SSSR count). The van der Waals surface area contributed by atoms with Crippen LogP contribution in [0.2, 0.25) is 0 Å². The van der Waals surface area contributed by atoms with Crippen molar-refractivity contribution in [2.75, 3.05) is 5.32 Å². The lowest BCUT2D eigenvalue weighted by Gasteiger charge is -2.18. The van der Waals surface area contributed by atoms with Gasteiger partial charge in [0.25, 0.3) is 10.0 Å². The quantitative estimate of drug-likeness (QED) is 0.587. The van der Waals surface area contributed by atoms with E-state index in [-0.39, 0.29) is 4.90 Å². The van der Waals surface area contributed by atoms with E-state index in [2.05, 4.69) is 10.4 Å². The van der Waals surface area contributed by atoms with Crippen LogP contribution >= 0.6 is 0 Å². The Kier molecular flexibility index (Phi) is 2.43. The van der Waals surface area contributed by atoms with Gasteiger partial charge in [0.05, 0.1) is 11.4 Å². The first-order chi connectivity index (χ1) is 10.2. The van der Waals surface area contributed by atoms with Crippen molar-refractivity contribution < 1.29 is 8.42 Å². The maximum Gasteiger partial charge on any atom is 0.286 e. The summed E-state index contributed by atoms with van der Waals surface area (Å²) in [6.07, 6.45) is 0. The summed E-state index contributed by atoms with van der Waals surface area (Å²) in [5.41, 5.74) is 2.07. The lowest BCUT2D eigenvalue weighted by atomic mass is 10.1. The van der Waals surface area contributed by atoms with Crippen LogP contribution < -0.4 is 5.32 Å². The molecule has 1 aliphatic heterocycles. The summed E-state index contributed by atoms with van der Waals surface area (Å²) in [7, 11) is -3.65.